The summed E-state index contributed by atoms with van der Waals surface area (Å²) >= 11 is 0. The molecule has 1 heterocycles. The summed E-state index contributed by atoms with van der Waals surface area (Å²) in [4.78, 5) is 0.330. The zero-order valence-electron chi connectivity index (χ0n) is 12.7. The summed E-state index contributed by atoms with van der Waals surface area (Å²) in [5, 5.41) is 6.82. The molecule has 2 atom stereocenters. The van der Waals surface area contributed by atoms with Crippen LogP contribution >= 0.6 is 0 Å². The van der Waals surface area contributed by atoms with Gasteiger partial charge in [0.2, 0.25) is 10.0 Å². The Balaban J connectivity index is 2.20. The van der Waals surface area contributed by atoms with Gasteiger partial charge in [0.1, 0.15) is 4.90 Å². The first-order valence-electron chi connectivity index (χ1n) is 7.63. The first-order valence-corrected chi connectivity index (χ1v) is 9.11. The van der Waals surface area contributed by atoms with E-state index in [1.165, 1.54) is 0 Å². The van der Waals surface area contributed by atoms with Crippen LogP contribution in [0.1, 0.15) is 33.1 Å². The molecule has 0 aromatic heterocycles. The van der Waals surface area contributed by atoms with Crippen LogP contribution < -0.4 is 15.4 Å². The molecular formula is C15H25N3O2S. The molecule has 1 saturated heterocycles. The predicted molar refractivity (Wildman–Crippen MR) is 86.0 cm³/mol. The smallest absolute Gasteiger partial charge is 0.242 e. The van der Waals surface area contributed by atoms with E-state index in [9.17, 15) is 8.42 Å². The van der Waals surface area contributed by atoms with Crippen LogP contribution in [-0.4, -0.2) is 33.6 Å². The van der Waals surface area contributed by atoms with E-state index in [1.807, 2.05) is 19.1 Å². The summed E-state index contributed by atoms with van der Waals surface area (Å²) in [6.45, 7) is 5.56. The highest BCUT2D eigenvalue weighted by atomic mass is 32.2. The number of nitrogens with one attached hydrogen (secondary N) is 3. The molecule has 0 saturated carbocycles. The molecule has 2 rings (SSSR count). The second kappa shape index (κ2) is 7.24. The topological polar surface area (TPSA) is 70.2 Å². The van der Waals surface area contributed by atoms with Crippen LogP contribution in [-0.2, 0) is 10.0 Å². The van der Waals surface area contributed by atoms with E-state index < -0.39 is 10.0 Å². The lowest BCUT2D eigenvalue weighted by molar-refractivity contribution is 0.389. The van der Waals surface area contributed by atoms with E-state index in [4.69, 9.17) is 0 Å². The Hall–Kier alpha value is -1.11. The second-order valence-electron chi connectivity index (χ2n) is 5.53. The third kappa shape index (κ3) is 4.18. The minimum atomic E-state index is -3.45. The van der Waals surface area contributed by atoms with Crippen molar-refractivity contribution in [3.8, 4) is 0 Å². The molecule has 6 heteroatoms. The fourth-order valence-electron chi connectivity index (χ4n) is 2.58. The molecule has 1 aromatic carbocycles. The van der Waals surface area contributed by atoms with Gasteiger partial charge < -0.3 is 10.6 Å². The average molecular weight is 311 g/mol. The molecule has 2 unspecified atom stereocenters. The van der Waals surface area contributed by atoms with Gasteiger partial charge in [0.15, 0.2) is 0 Å². The second-order valence-corrected chi connectivity index (χ2v) is 7.27. The van der Waals surface area contributed by atoms with Crippen molar-refractivity contribution in [2.24, 2.45) is 0 Å². The van der Waals surface area contributed by atoms with E-state index in [2.05, 4.69) is 22.3 Å². The molecule has 0 amide bonds. The van der Waals surface area contributed by atoms with Gasteiger partial charge in [0.25, 0.3) is 0 Å². The Kier molecular flexibility index (Phi) is 5.61. The fraction of sp³-hybridized carbons (Fsp3) is 0.600. The molecule has 5 nitrogen and oxygen atoms in total. The molecule has 3 N–H and O–H groups in total. The quantitative estimate of drug-likeness (QED) is 0.751. The lowest BCUT2D eigenvalue weighted by atomic mass is 9.99. The molecule has 21 heavy (non-hydrogen) atoms. The van der Waals surface area contributed by atoms with E-state index in [1.54, 1.807) is 12.1 Å². The third-order valence-electron chi connectivity index (χ3n) is 3.82. The van der Waals surface area contributed by atoms with Gasteiger partial charge in [-0.3, -0.25) is 0 Å². The van der Waals surface area contributed by atoms with E-state index >= 15 is 0 Å². The summed E-state index contributed by atoms with van der Waals surface area (Å²) in [6, 6.07) is 7.69. The van der Waals surface area contributed by atoms with Crippen molar-refractivity contribution in [1.82, 2.24) is 10.0 Å². The molecular weight excluding hydrogens is 286 g/mol. The van der Waals surface area contributed by atoms with Gasteiger partial charge in [-0.25, -0.2) is 13.1 Å². The standard InChI is InChI=1S/C15H25N3O2S/c1-3-10-17-21(19,20)15-9-5-4-7-14(15)18-13-8-6-11-16-12(13)2/h4-5,7,9,12-13,16-18H,3,6,8,10-11H2,1-2H3. The summed E-state index contributed by atoms with van der Waals surface area (Å²) in [5.41, 5.74) is 0.682. The van der Waals surface area contributed by atoms with Gasteiger partial charge in [0.05, 0.1) is 5.69 Å². The van der Waals surface area contributed by atoms with Crippen LogP contribution in [0.15, 0.2) is 29.2 Å². The molecule has 0 spiro atoms. The highest BCUT2D eigenvalue weighted by Gasteiger charge is 2.24. The first kappa shape index (κ1) is 16.3. The third-order valence-corrected chi connectivity index (χ3v) is 5.34. The lowest BCUT2D eigenvalue weighted by Crippen LogP contribution is -2.46. The summed E-state index contributed by atoms with van der Waals surface area (Å²) in [6.07, 6.45) is 2.92. The fourth-order valence-corrected chi connectivity index (χ4v) is 3.88. The summed E-state index contributed by atoms with van der Waals surface area (Å²) < 4.78 is 27.4. The van der Waals surface area contributed by atoms with Crippen molar-refractivity contribution in [3.63, 3.8) is 0 Å². The number of rotatable bonds is 6. The summed E-state index contributed by atoms with van der Waals surface area (Å²) in [7, 11) is -3.45. The Morgan fingerprint density at radius 2 is 2.10 bits per heavy atom. The highest BCUT2D eigenvalue weighted by Crippen LogP contribution is 2.23. The van der Waals surface area contributed by atoms with Crippen molar-refractivity contribution in [1.29, 1.82) is 0 Å². The van der Waals surface area contributed by atoms with Crippen molar-refractivity contribution < 1.29 is 8.42 Å². The van der Waals surface area contributed by atoms with Crippen LogP contribution in [0, 0.1) is 0 Å². The monoisotopic (exact) mass is 311 g/mol. The minimum absolute atomic E-state index is 0.251. The van der Waals surface area contributed by atoms with Crippen molar-refractivity contribution in [3.05, 3.63) is 24.3 Å². The van der Waals surface area contributed by atoms with Gasteiger partial charge in [-0.1, -0.05) is 19.1 Å². The number of anilines is 1. The molecule has 118 valence electrons. The number of hydrogen-bond acceptors (Lipinski definition) is 4. The SMILES string of the molecule is CCCNS(=O)(=O)c1ccccc1NC1CCCNC1C. The van der Waals surface area contributed by atoms with Crippen LogP contribution in [0.4, 0.5) is 5.69 Å². The number of piperidine rings is 1. The lowest BCUT2D eigenvalue weighted by Gasteiger charge is -2.32. The Labute approximate surface area is 127 Å². The molecule has 1 aliphatic heterocycles. The van der Waals surface area contributed by atoms with Crippen molar-refractivity contribution >= 4 is 15.7 Å². The van der Waals surface area contributed by atoms with Gasteiger partial charge in [-0.15, -0.1) is 0 Å². The molecule has 0 aliphatic carbocycles. The summed E-state index contributed by atoms with van der Waals surface area (Å²) in [5.74, 6) is 0. The van der Waals surface area contributed by atoms with Crippen LogP contribution in [0.5, 0.6) is 0 Å². The van der Waals surface area contributed by atoms with Gasteiger partial charge in [0, 0.05) is 18.6 Å². The number of sulfonamides is 1. The molecule has 0 radical (unpaired) electrons. The van der Waals surface area contributed by atoms with Crippen LogP contribution in [0.25, 0.3) is 0 Å². The zero-order valence-corrected chi connectivity index (χ0v) is 13.5. The van der Waals surface area contributed by atoms with Crippen molar-refractivity contribution in [2.45, 2.75) is 50.1 Å². The maximum absolute atomic E-state index is 12.4. The Morgan fingerprint density at radius 3 is 2.81 bits per heavy atom. The molecule has 1 fully saturated rings. The zero-order chi connectivity index (χ0) is 15.3. The largest absolute Gasteiger partial charge is 0.380 e. The van der Waals surface area contributed by atoms with Crippen LogP contribution in [0.3, 0.4) is 0 Å². The predicted octanol–water partition coefficient (Wildman–Crippen LogP) is 1.93. The number of hydrogen-bond donors (Lipinski definition) is 3. The number of benzene rings is 1. The van der Waals surface area contributed by atoms with Gasteiger partial charge in [-0.2, -0.15) is 0 Å². The van der Waals surface area contributed by atoms with E-state index in [0.29, 0.717) is 23.2 Å². The first-order chi connectivity index (χ1) is 10.0. The van der Waals surface area contributed by atoms with E-state index in [-0.39, 0.29) is 6.04 Å². The Bertz CT molecular complexity index is 560. The minimum Gasteiger partial charge on any atom is -0.380 e. The van der Waals surface area contributed by atoms with Gasteiger partial charge in [-0.05, 0) is 44.9 Å². The van der Waals surface area contributed by atoms with Crippen LogP contribution in [0.2, 0.25) is 0 Å². The number of para-hydroxylation sites is 1. The maximum Gasteiger partial charge on any atom is 0.242 e. The normalized spacial score (nSPS) is 23.0. The molecule has 1 aliphatic rings. The Morgan fingerprint density at radius 1 is 1.33 bits per heavy atom. The average Bonchev–Trinajstić information content (AvgIpc) is 2.48. The highest BCUT2D eigenvalue weighted by molar-refractivity contribution is 7.89. The van der Waals surface area contributed by atoms with Gasteiger partial charge >= 0.3 is 0 Å². The molecule has 0 bridgehead atoms. The van der Waals surface area contributed by atoms with E-state index in [0.717, 1.165) is 25.8 Å². The molecule has 1 aromatic rings. The van der Waals surface area contributed by atoms with Crippen molar-refractivity contribution in [2.75, 3.05) is 18.4 Å². The maximum atomic E-state index is 12.4.